The molecule has 0 unspecified atom stereocenters. The van der Waals surface area contributed by atoms with E-state index >= 15 is 0 Å². The van der Waals surface area contributed by atoms with Gasteiger partial charge < -0.3 is 9.72 Å². The number of nitrogens with one attached hydrogen (secondary N) is 1. The molecule has 0 saturated heterocycles. The largest absolute Gasteiger partial charge is 0.465 e. The summed E-state index contributed by atoms with van der Waals surface area (Å²) >= 11 is 0. The van der Waals surface area contributed by atoms with E-state index in [1.54, 1.807) is 12.3 Å². The Morgan fingerprint density at radius 1 is 1.22 bits per heavy atom. The first-order valence-electron chi connectivity index (χ1n) is 7.17. The number of aryl methyl sites for hydroxylation is 1. The number of H-pyrrole nitrogens is 1. The van der Waals surface area contributed by atoms with Gasteiger partial charge in [0.15, 0.2) is 0 Å². The maximum Gasteiger partial charge on any atom is 0.340 e. The van der Waals surface area contributed by atoms with E-state index in [0.29, 0.717) is 16.6 Å². The standard InChI is InChI=1S/C17H14N4O2/c1-21-16(10-5-3-4-6-12(10)20-21)14-9-13-15(19-14)11(7-8-18-13)17(22)23-2/h3-9,19H,1-2H3. The molecule has 6 nitrogen and oxygen atoms in total. The number of ether oxygens (including phenoxy) is 1. The third kappa shape index (κ3) is 1.99. The van der Waals surface area contributed by atoms with Crippen molar-refractivity contribution in [2.24, 2.45) is 7.05 Å². The van der Waals surface area contributed by atoms with Crippen LogP contribution in [0.3, 0.4) is 0 Å². The number of nitrogens with zero attached hydrogens (tertiary/aromatic N) is 3. The second kappa shape index (κ2) is 4.95. The Balaban J connectivity index is 1.99. The zero-order valence-electron chi connectivity index (χ0n) is 12.7. The summed E-state index contributed by atoms with van der Waals surface area (Å²) in [6, 6.07) is 11.5. The highest BCUT2D eigenvalue weighted by atomic mass is 16.5. The first-order chi connectivity index (χ1) is 11.2. The van der Waals surface area contributed by atoms with Crippen molar-refractivity contribution in [1.82, 2.24) is 19.7 Å². The van der Waals surface area contributed by atoms with Crippen molar-refractivity contribution >= 4 is 27.9 Å². The van der Waals surface area contributed by atoms with Crippen LogP contribution in [0.15, 0.2) is 42.6 Å². The van der Waals surface area contributed by atoms with Gasteiger partial charge in [0.05, 0.1) is 40.6 Å². The van der Waals surface area contributed by atoms with Crippen LogP contribution >= 0.6 is 0 Å². The number of esters is 1. The molecule has 1 aromatic carbocycles. The molecule has 0 aliphatic rings. The van der Waals surface area contributed by atoms with Crippen molar-refractivity contribution in [3.05, 3.63) is 48.2 Å². The monoisotopic (exact) mass is 306 g/mol. The number of carbonyl (C=O) groups excluding carboxylic acids is 1. The molecule has 1 N–H and O–H groups in total. The maximum atomic E-state index is 11.9. The molecule has 0 aliphatic heterocycles. The van der Waals surface area contributed by atoms with E-state index < -0.39 is 0 Å². The van der Waals surface area contributed by atoms with Crippen molar-refractivity contribution < 1.29 is 9.53 Å². The molecule has 0 atom stereocenters. The summed E-state index contributed by atoms with van der Waals surface area (Å²) in [6.45, 7) is 0. The average Bonchev–Trinajstić information content (AvgIpc) is 3.12. The molecular weight excluding hydrogens is 292 g/mol. The Bertz CT molecular complexity index is 1050. The fourth-order valence-corrected chi connectivity index (χ4v) is 2.90. The second-order valence-corrected chi connectivity index (χ2v) is 5.28. The van der Waals surface area contributed by atoms with Gasteiger partial charge in [0.2, 0.25) is 0 Å². The van der Waals surface area contributed by atoms with Crippen LogP contribution in [-0.4, -0.2) is 32.8 Å². The van der Waals surface area contributed by atoms with Crippen molar-refractivity contribution in [3.63, 3.8) is 0 Å². The summed E-state index contributed by atoms with van der Waals surface area (Å²) in [7, 11) is 3.27. The predicted octanol–water partition coefficient (Wildman–Crippen LogP) is 2.90. The van der Waals surface area contributed by atoms with Gasteiger partial charge in [-0.05, 0) is 18.2 Å². The Kier molecular flexibility index (Phi) is 2.90. The lowest BCUT2D eigenvalue weighted by Gasteiger charge is -2.01. The lowest BCUT2D eigenvalue weighted by atomic mass is 10.1. The quantitative estimate of drug-likeness (QED) is 0.578. The van der Waals surface area contributed by atoms with E-state index in [2.05, 4.69) is 15.1 Å². The van der Waals surface area contributed by atoms with Gasteiger partial charge in [-0.15, -0.1) is 0 Å². The molecule has 0 saturated carbocycles. The van der Waals surface area contributed by atoms with Crippen LogP contribution in [0.4, 0.5) is 0 Å². The normalized spacial score (nSPS) is 11.2. The van der Waals surface area contributed by atoms with Gasteiger partial charge in [0, 0.05) is 18.6 Å². The minimum Gasteiger partial charge on any atom is -0.465 e. The number of hydrogen-bond acceptors (Lipinski definition) is 4. The van der Waals surface area contributed by atoms with E-state index in [9.17, 15) is 4.79 Å². The third-order valence-corrected chi connectivity index (χ3v) is 3.92. The Morgan fingerprint density at radius 2 is 2.04 bits per heavy atom. The SMILES string of the molecule is COC(=O)c1ccnc2cc(-c3c4ccccc4nn3C)[nH]c12. The van der Waals surface area contributed by atoms with Crippen molar-refractivity contribution in [2.75, 3.05) is 7.11 Å². The summed E-state index contributed by atoms with van der Waals surface area (Å²) in [5.41, 5.74) is 4.59. The number of pyridine rings is 1. The number of carbonyl (C=O) groups is 1. The van der Waals surface area contributed by atoms with Crippen LogP contribution in [0.1, 0.15) is 10.4 Å². The van der Waals surface area contributed by atoms with E-state index in [0.717, 1.165) is 22.3 Å². The number of hydrogen-bond donors (Lipinski definition) is 1. The van der Waals surface area contributed by atoms with Crippen LogP contribution < -0.4 is 0 Å². The maximum absolute atomic E-state index is 11.9. The highest BCUT2D eigenvalue weighted by Gasteiger charge is 2.17. The Morgan fingerprint density at radius 3 is 2.87 bits per heavy atom. The molecular formula is C17H14N4O2. The van der Waals surface area contributed by atoms with Gasteiger partial charge in [-0.2, -0.15) is 5.10 Å². The lowest BCUT2D eigenvalue weighted by molar-refractivity contribution is 0.0602. The number of methoxy groups -OCH3 is 1. The average molecular weight is 306 g/mol. The van der Waals surface area contributed by atoms with Gasteiger partial charge in [-0.3, -0.25) is 9.67 Å². The number of rotatable bonds is 2. The third-order valence-electron chi connectivity index (χ3n) is 3.92. The highest BCUT2D eigenvalue weighted by Crippen LogP contribution is 2.30. The zero-order chi connectivity index (χ0) is 16.0. The van der Waals surface area contributed by atoms with Crippen molar-refractivity contribution in [1.29, 1.82) is 0 Å². The smallest absolute Gasteiger partial charge is 0.340 e. The van der Waals surface area contributed by atoms with Gasteiger partial charge in [0.1, 0.15) is 0 Å². The molecule has 4 aromatic rings. The van der Waals surface area contributed by atoms with Gasteiger partial charge in [0.25, 0.3) is 0 Å². The number of aromatic nitrogens is 4. The predicted molar refractivity (Wildman–Crippen MR) is 87.1 cm³/mol. The van der Waals surface area contributed by atoms with E-state index in [4.69, 9.17) is 4.74 Å². The van der Waals surface area contributed by atoms with Gasteiger partial charge in [-0.25, -0.2) is 4.79 Å². The molecule has 0 aliphatic carbocycles. The number of benzene rings is 1. The van der Waals surface area contributed by atoms with E-state index in [1.165, 1.54) is 7.11 Å². The molecule has 114 valence electrons. The number of fused-ring (bicyclic) bond motifs is 2. The van der Waals surface area contributed by atoms with Crippen LogP contribution in [-0.2, 0) is 11.8 Å². The van der Waals surface area contributed by atoms with Crippen LogP contribution in [0, 0.1) is 0 Å². The molecule has 4 rings (SSSR count). The summed E-state index contributed by atoms with van der Waals surface area (Å²) in [4.78, 5) is 19.5. The molecule has 6 heteroatoms. The van der Waals surface area contributed by atoms with Gasteiger partial charge in [-0.1, -0.05) is 18.2 Å². The highest BCUT2D eigenvalue weighted by molar-refractivity contribution is 6.04. The Hall–Kier alpha value is -3.15. The molecule has 0 fully saturated rings. The fraction of sp³-hybridized carbons (Fsp3) is 0.118. The fourth-order valence-electron chi connectivity index (χ4n) is 2.90. The number of aromatic amines is 1. The van der Waals surface area contributed by atoms with Crippen LogP contribution in [0.2, 0.25) is 0 Å². The summed E-state index contributed by atoms with van der Waals surface area (Å²) < 4.78 is 6.66. The second-order valence-electron chi connectivity index (χ2n) is 5.28. The molecule has 3 heterocycles. The summed E-state index contributed by atoms with van der Waals surface area (Å²) in [5.74, 6) is -0.388. The molecule has 0 amide bonds. The zero-order valence-corrected chi connectivity index (χ0v) is 12.7. The topological polar surface area (TPSA) is 72.8 Å². The molecule has 0 bridgehead atoms. The first kappa shape index (κ1) is 13.5. The van der Waals surface area contributed by atoms with Crippen molar-refractivity contribution in [2.45, 2.75) is 0 Å². The summed E-state index contributed by atoms with van der Waals surface area (Å²) in [6.07, 6.45) is 1.60. The molecule has 0 radical (unpaired) electrons. The van der Waals surface area contributed by atoms with Crippen molar-refractivity contribution in [3.8, 4) is 11.4 Å². The van der Waals surface area contributed by atoms with Crippen LogP contribution in [0.5, 0.6) is 0 Å². The summed E-state index contributed by atoms with van der Waals surface area (Å²) in [5, 5.41) is 5.56. The van der Waals surface area contributed by atoms with Crippen LogP contribution in [0.25, 0.3) is 33.3 Å². The molecule has 23 heavy (non-hydrogen) atoms. The van der Waals surface area contributed by atoms with E-state index in [1.807, 2.05) is 42.1 Å². The Labute approximate surface area is 131 Å². The molecule has 0 spiro atoms. The van der Waals surface area contributed by atoms with E-state index in [-0.39, 0.29) is 5.97 Å². The minimum absolute atomic E-state index is 0.388. The van der Waals surface area contributed by atoms with Gasteiger partial charge >= 0.3 is 5.97 Å². The lowest BCUT2D eigenvalue weighted by Crippen LogP contribution is -2.02. The minimum atomic E-state index is -0.388. The molecule has 3 aromatic heterocycles. The first-order valence-corrected chi connectivity index (χ1v) is 7.17.